The molecule has 0 aliphatic carbocycles. The number of amides is 1. The second-order valence-corrected chi connectivity index (χ2v) is 6.77. The van der Waals surface area contributed by atoms with E-state index >= 15 is 0 Å². The lowest BCUT2D eigenvalue weighted by atomic mass is 10.0. The molecule has 7 heteroatoms. The number of hydrogen-bond acceptors (Lipinski definition) is 4. The number of carbonyl (C=O) groups excluding carboxylic acids is 1. The first-order valence-corrected chi connectivity index (χ1v) is 8.29. The number of carbonyl (C=O) groups is 1. The molecule has 1 aromatic rings. The van der Waals surface area contributed by atoms with Gasteiger partial charge in [0.25, 0.3) is 5.91 Å². The van der Waals surface area contributed by atoms with Gasteiger partial charge >= 0.3 is 0 Å². The second-order valence-electron chi connectivity index (χ2n) is 4.82. The number of nitrogens with one attached hydrogen (secondary N) is 1. The molecule has 4 nitrogen and oxygen atoms in total. The summed E-state index contributed by atoms with van der Waals surface area (Å²) in [4.78, 5) is 12.2. The van der Waals surface area contributed by atoms with E-state index in [0.29, 0.717) is 28.0 Å². The Labute approximate surface area is 137 Å². The normalized spacial score (nSPS) is 22.4. The quantitative estimate of drug-likeness (QED) is 0.910. The minimum Gasteiger partial charge on any atom is -0.479 e. The van der Waals surface area contributed by atoms with Crippen LogP contribution in [0, 0.1) is 11.3 Å². The third-order valence-corrected chi connectivity index (χ3v) is 4.89. The first-order chi connectivity index (χ1) is 9.96. The Kier molecular flexibility index (Phi) is 5.26. The van der Waals surface area contributed by atoms with Crippen molar-refractivity contribution in [1.29, 1.82) is 5.26 Å². The molecule has 0 spiro atoms. The lowest BCUT2D eigenvalue weighted by Crippen LogP contribution is -2.51. The molecule has 1 fully saturated rings. The molecule has 1 aliphatic rings. The van der Waals surface area contributed by atoms with Gasteiger partial charge in [-0.3, -0.25) is 4.79 Å². The molecule has 0 bridgehead atoms. The smallest absolute Gasteiger partial charge is 0.262 e. The van der Waals surface area contributed by atoms with Crippen molar-refractivity contribution >= 4 is 40.9 Å². The van der Waals surface area contributed by atoms with Crippen LogP contribution in [0.1, 0.15) is 13.3 Å². The average molecular weight is 345 g/mol. The van der Waals surface area contributed by atoms with Crippen LogP contribution in [0.5, 0.6) is 5.75 Å². The summed E-state index contributed by atoms with van der Waals surface area (Å²) >= 11 is 13.5. The lowest BCUT2D eigenvalue weighted by molar-refractivity contribution is -0.128. The zero-order valence-corrected chi connectivity index (χ0v) is 13.7. The van der Waals surface area contributed by atoms with E-state index in [-0.39, 0.29) is 5.91 Å². The van der Waals surface area contributed by atoms with Crippen molar-refractivity contribution in [3.05, 3.63) is 28.2 Å². The summed E-state index contributed by atoms with van der Waals surface area (Å²) in [7, 11) is 0. The van der Waals surface area contributed by atoms with Crippen LogP contribution in [0.2, 0.25) is 10.0 Å². The molecule has 1 aliphatic heterocycles. The Hall–Kier alpha value is -1.09. The molecule has 2 rings (SSSR count). The summed E-state index contributed by atoms with van der Waals surface area (Å²) in [5.41, 5.74) is -0.789. The van der Waals surface area contributed by atoms with Gasteiger partial charge in [0.1, 0.15) is 11.3 Å². The van der Waals surface area contributed by atoms with Crippen LogP contribution < -0.4 is 10.1 Å². The monoisotopic (exact) mass is 344 g/mol. The number of nitriles is 1. The van der Waals surface area contributed by atoms with Gasteiger partial charge in [-0.25, -0.2) is 0 Å². The van der Waals surface area contributed by atoms with Gasteiger partial charge in [-0.15, -0.1) is 0 Å². The number of thioether (sulfide) groups is 1. The fourth-order valence-corrected chi connectivity index (χ4v) is 3.65. The Bertz CT molecular complexity index is 583. The summed E-state index contributed by atoms with van der Waals surface area (Å²) in [5, 5.41) is 12.9. The largest absolute Gasteiger partial charge is 0.479 e. The highest BCUT2D eigenvalue weighted by Gasteiger charge is 2.37. The van der Waals surface area contributed by atoms with Gasteiger partial charge in [0.05, 0.1) is 11.1 Å². The standard InChI is InChI=1S/C14H14Cl2N2O2S/c1-9(20-12-3-2-10(15)6-11(12)16)13(19)18-14(7-17)4-5-21-8-14/h2-3,6,9H,4-5,8H2,1H3,(H,18,19). The van der Waals surface area contributed by atoms with Crippen molar-refractivity contribution in [3.63, 3.8) is 0 Å². The van der Waals surface area contributed by atoms with E-state index in [1.54, 1.807) is 36.9 Å². The topological polar surface area (TPSA) is 62.1 Å². The number of benzene rings is 1. The Morgan fingerprint density at radius 3 is 2.90 bits per heavy atom. The van der Waals surface area contributed by atoms with Gasteiger partial charge < -0.3 is 10.1 Å². The Morgan fingerprint density at radius 2 is 2.33 bits per heavy atom. The summed E-state index contributed by atoms with van der Waals surface area (Å²) in [5.74, 6) is 1.52. The van der Waals surface area contributed by atoms with Crippen LogP contribution in [-0.2, 0) is 4.79 Å². The van der Waals surface area contributed by atoms with Gasteiger partial charge in [0, 0.05) is 10.8 Å². The maximum Gasteiger partial charge on any atom is 0.262 e. The van der Waals surface area contributed by atoms with E-state index in [1.807, 2.05) is 0 Å². The first-order valence-electron chi connectivity index (χ1n) is 6.38. The SMILES string of the molecule is CC(Oc1ccc(Cl)cc1Cl)C(=O)NC1(C#N)CCSC1. The van der Waals surface area contributed by atoms with E-state index in [4.69, 9.17) is 27.9 Å². The van der Waals surface area contributed by atoms with Crippen molar-refractivity contribution < 1.29 is 9.53 Å². The highest BCUT2D eigenvalue weighted by Crippen LogP contribution is 2.29. The van der Waals surface area contributed by atoms with Crippen LogP contribution in [-0.4, -0.2) is 29.1 Å². The molecule has 0 aromatic heterocycles. The van der Waals surface area contributed by atoms with E-state index in [9.17, 15) is 10.1 Å². The predicted octanol–water partition coefficient (Wildman–Crippen LogP) is 3.28. The zero-order valence-electron chi connectivity index (χ0n) is 11.4. The molecule has 0 radical (unpaired) electrons. The van der Waals surface area contributed by atoms with Gasteiger partial charge in [0.2, 0.25) is 0 Å². The molecule has 1 N–H and O–H groups in total. The van der Waals surface area contributed by atoms with Crippen LogP contribution in [0.25, 0.3) is 0 Å². The van der Waals surface area contributed by atoms with Crippen LogP contribution in [0.4, 0.5) is 0 Å². The molecule has 1 amide bonds. The van der Waals surface area contributed by atoms with Crippen LogP contribution in [0.3, 0.4) is 0 Å². The molecule has 2 unspecified atom stereocenters. The van der Waals surface area contributed by atoms with E-state index in [1.165, 1.54) is 0 Å². The van der Waals surface area contributed by atoms with Crippen molar-refractivity contribution in [3.8, 4) is 11.8 Å². The molecule has 1 aromatic carbocycles. The summed E-state index contributed by atoms with van der Waals surface area (Å²) < 4.78 is 5.54. The number of rotatable bonds is 4. The highest BCUT2D eigenvalue weighted by molar-refractivity contribution is 7.99. The molecule has 0 saturated carbocycles. The van der Waals surface area contributed by atoms with E-state index in [0.717, 1.165) is 5.75 Å². The Balaban J connectivity index is 2.01. The zero-order chi connectivity index (χ0) is 15.5. The van der Waals surface area contributed by atoms with Crippen LogP contribution >= 0.6 is 35.0 Å². The van der Waals surface area contributed by atoms with Gasteiger partial charge in [-0.05, 0) is 37.3 Å². The molecule has 112 valence electrons. The maximum absolute atomic E-state index is 12.2. The average Bonchev–Trinajstić information content (AvgIpc) is 2.91. The Morgan fingerprint density at radius 1 is 1.57 bits per heavy atom. The fraction of sp³-hybridized carbons (Fsp3) is 0.429. The number of ether oxygens (including phenoxy) is 1. The molecular weight excluding hydrogens is 331 g/mol. The van der Waals surface area contributed by atoms with E-state index < -0.39 is 11.6 Å². The molecular formula is C14H14Cl2N2O2S. The molecule has 21 heavy (non-hydrogen) atoms. The minimum atomic E-state index is -0.789. The van der Waals surface area contributed by atoms with E-state index in [2.05, 4.69) is 11.4 Å². The number of hydrogen-bond donors (Lipinski definition) is 1. The lowest BCUT2D eigenvalue weighted by Gasteiger charge is -2.24. The van der Waals surface area contributed by atoms with Gasteiger partial charge in [-0.2, -0.15) is 17.0 Å². The summed E-state index contributed by atoms with van der Waals surface area (Å²) in [6, 6.07) is 6.99. The predicted molar refractivity (Wildman–Crippen MR) is 85.0 cm³/mol. The summed E-state index contributed by atoms with van der Waals surface area (Å²) in [6.07, 6.45) is -0.103. The maximum atomic E-state index is 12.2. The van der Waals surface area contributed by atoms with Crippen molar-refractivity contribution in [2.75, 3.05) is 11.5 Å². The third-order valence-electron chi connectivity index (χ3n) is 3.17. The third kappa shape index (κ3) is 3.97. The number of nitrogens with zero attached hydrogens (tertiary/aromatic N) is 1. The van der Waals surface area contributed by atoms with Crippen molar-refractivity contribution in [2.24, 2.45) is 0 Å². The van der Waals surface area contributed by atoms with Crippen molar-refractivity contribution in [2.45, 2.75) is 25.0 Å². The van der Waals surface area contributed by atoms with Gasteiger partial charge in [-0.1, -0.05) is 23.2 Å². The second kappa shape index (κ2) is 6.78. The fourth-order valence-electron chi connectivity index (χ4n) is 1.93. The molecule has 2 atom stereocenters. The van der Waals surface area contributed by atoms with Crippen LogP contribution in [0.15, 0.2) is 18.2 Å². The summed E-state index contributed by atoms with van der Waals surface area (Å²) in [6.45, 7) is 1.62. The number of halogens is 2. The van der Waals surface area contributed by atoms with Gasteiger partial charge in [0.15, 0.2) is 6.10 Å². The first kappa shape index (κ1) is 16.3. The van der Waals surface area contributed by atoms with Crippen molar-refractivity contribution in [1.82, 2.24) is 5.32 Å². The molecule has 1 heterocycles. The molecule has 1 saturated heterocycles. The minimum absolute atomic E-state index is 0.329. The highest BCUT2D eigenvalue weighted by atomic mass is 35.5.